The van der Waals surface area contributed by atoms with E-state index in [-0.39, 0.29) is 0 Å². The first-order valence-corrected chi connectivity index (χ1v) is 8.04. The molecule has 24 heavy (non-hydrogen) atoms. The lowest BCUT2D eigenvalue weighted by Gasteiger charge is -2.06. The van der Waals surface area contributed by atoms with Gasteiger partial charge in [-0.3, -0.25) is 0 Å². The summed E-state index contributed by atoms with van der Waals surface area (Å²) in [4.78, 5) is 0.922. The molecule has 0 saturated heterocycles. The molecule has 1 N–H and O–H groups in total. The van der Waals surface area contributed by atoms with Gasteiger partial charge in [0.25, 0.3) is 0 Å². The van der Waals surface area contributed by atoms with Gasteiger partial charge in [-0.05, 0) is 57.2 Å². The van der Waals surface area contributed by atoms with E-state index >= 15 is 0 Å². The highest BCUT2D eigenvalue weighted by Gasteiger charge is 2.10. The molecule has 0 aliphatic carbocycles. The van der Waals surface area contributed by atoms with E-state index in [0.717, 1.165) is 27.8 Å². The summed E-state index contributed by atoms with van der Waals surface area (Å²) in [5.74, 6) is 1.91. The van der Waals surface area contributed by atoms with Crippen LogP contribution in [0.25, 0.3) is 0 Å². The van der Waals surface area contributed by atoms with Crippen LogP contribution in [0.4, 0.5) is 0 Å². The van der Waals surface area contributed by atoms with E-state index in [2.05, 4.69) is 17.7 Å². The second kappa shape index (κ2) is 7.93. The number of benzene rings is 2. The summed E-state index contributed by atoms with van der Waals surface area (Å²) >= 11 is 4.23. The van der Waals surface area contributed by atoms with Crippen molar-refractivity contribution in [3.63, 3.8) is 0 Å². The van der Waals surface area contributed by atoms with Gasteiger partial charge in [-0.25, -0.2) is 4.68 Å². The van der Waals surface area contributed by atoms with Crippen LogP contribution in [0.1, 0.15) is 16.8 Å². The molecule has 0 aliphatic heterocycles. The molecule has 0 fully saturated rings. The highest BCUT2D eigenvalue weighted by Crippen LogP contribution is 2.26. The summed E-state index contributed by atoms with van der Waals surface area (Å²) in [6.07, 6.45) is 0. The summed E-state index contributed by atoms with van der Waals surface area (Å²) in [6, 6.07) is 14.7. The second-order valence-corrected chi connectivity index (χ2v) is 6.09. The maximum atomic E-state index is 8.76. The fourth-order valence-corrected chi connectivity index (χ4v) is 2.21. The summed E-state index contributed by atoms with van der Waals surface area (Å²) < 4.78 is 7.53. The van der Waals surface area contributed by atoms with Gasteiger partial charge in [-0.1, -0.05) is 17.7 Å². The lowest BCUT2D eigenvalue weighted by atomic mass is 10.2. The topological polar surface area (TPSA) is 47.3 Å². The Bertz CT molecular complexity index is 772. The van der Waals surface area contributed by atoms with Crippen LogP contribution in [0, 0.1) is 20.8 Å². The van der Waals surface area contributed by atoms with Crippen molar-refractivity contribution in [2.24, 2.45) is 7.05 Å². The van der Waals surface area contributed by atoms with Crippen molar-refractivity contribution in [3.05, 3.63) is 65.4 Å². The Morgan fingerprint density at radius 1 is 0.958 bits per heavy atom. The van der Waals surface area contributed by atoms with Crippen LogP contribution in [0.15, 0.2) is 53.4 Å². The van der Waals surface area contributed by atoms with E-state index in [1.807, 2.05) is 64.2 Å². The van der Waals surface area contributed by atoms with Gasteiger partial charge in [0, 0.05) is 17.5 Å². The lowest BCUT2D eigenvalue weighted by molar-refractivity contribution is 0.427. The molecule has 0 amide bonds. The molecule has 5 heteroatoms. The molecule has 0 atom stereocenters. The number of aromatic hydroxyl groups is 1. The number of aryl methyl sites for hydroxylation is 3. The standard InChI is InChI=1S/C12H14N2OS.C7H8O/c1-8-9(2)13-14(3)12(8)15-10-4-6-11(16)7-5-10;1-6-2-4-7(8)5-3-6/h4-7,16H,1-3H3;2-5,8H,1H3. The molecular formula is C19H22N2O2S. The van der Waals surface area contributed by atoms with Gasteiger partial charge in [0.1, 0.15) is 11.5 Å². The number of hydrogen-bond acceptors (Lipinski definition) is 4. The van der Waals surface area contributed by atoms with E-state index in [9.17, 15) is 0 Å². The van der Waals surface area contributed by atoms with Crippen molar-refractivity contribution in [3.8, 4) is 17.4 Å². The molecule has 3 rings (SSSR count). The first-order valence-electron chi connectivity index (χ1n) is 7.59. The van der Waals surface area contributed by atoms with Crippen molar-refractivity contribution in [1.82, 2.24) is 9.78 Å². The zero-order valence-corrected chi connectivity index (χ0v) is 15.2. The highest BCUT2D eigenvalue weighted by atomic mass is 32.1. The molecule has 0 aliphatic rings. The first kappa shape index (κ1) is 17.9. The normalized spacial score (nSPS) is 10.0. The third-order valence-electron chi connectivity index (χ3n) is 3.54. The van der Waals surface area contributed by atoms with Crippen molar-refractivity contribution >= 4 is 12.6 Å². The third kappa shape index (κ3) is 4.80. The van der Waals surface area contributed by atoms with Crippen molar-refractivity contribution in [2.45, 2.75) is 25.7 Å². The van der Waals surface area contributed by atoms with Crippen molar-refractivity contribution in [2.75, 3.05) is 0 Å². The van der Waals surface area contributed by atoms with Gasteiger partial charge >= 0.3 is 0 Å². The maximum absolute atomic E-state index is 8.76. The van der Waals surface area contributed by atoms with E-state index in [4.69, 9.17) is 9.84 Å². The third-order valence-corrected chi connectivity index (χ3v) is 3.84. The number of nitrogens with zero attached hydrogens (tertiary/aromatic N) is 2. The Morgan fingerprint density at radius 2 is 1.54 bits per heavy atom. The van der Waals surface area contributed by atoms with E-state index in [0.29, 0.717) is 5.75 Å². The first-order chi connectivity index (χ1) is 11.4. The summed E-state index contributed by atoms with van der Waals surface area (Å²) in [5.41, 5.74) is 3.23. The summed E-state index contributed by atoms with van der Waals surface area (Å²) in [5, 5.41) is 13.1. The number of thiol groups is 1. The van der Waals surface area contributed by atoms with Crippen molar-refractivity contribution in [1.29, 1.82) is 0 Å². The van der Waals surface area contributed by atoms with Crippen LogP contribution in [0.3, 0.4) is 0 Å². The number of phenolic OH excluding ortho intramolecular Hbond substituents is 1. The monoisotopic (exact) mass is 342 g/mol. The largest absolute Gasteiger partial charge is 0.508 e. The Morgan fingerprint density at radius 3 is 2.00 bits per heavy atom. The Kier molecular flexibility index (Phi) is 5.93. The van der Waals surface area contributed by atoms with E-state index in [1.54, 1.807) is 16.8 Å². The molecular weight excluding hydrogens is 320 g/mol. The fraction of sp³-hybridized carbons (Fsp3) is 0.211. The van der Waals surface area contributed by atoms with Gasteiger partial charge in [0.2, 0.25) is 5.88 Å². The zero-order chi connectivity index (χ0) is 17.7. The predicted molar refractivity (Wildman–Crippen MR) is 99.3 cm³/mol. The molecule has 126 valence electrons. The minimum absolute atomic E-state index is 0.329. The zero-order valence-electron chi connectivity index (χ0n) is 14.3. The maximum Gasteiger partial charge on any atom is 0.220 e. The minimum Gasteiger partial charge on any atom is -0.508 e. The molecule has 4 nitrogen and oxygen atoms in total. The fourth-order valence-electron chi connectivity index (χ4n) is 2.06. The van der Waals surface area contributed by atoms with Gasteiger partial charge < -0.3 is 9.84 Å². The number of rotatable bonds is 2. The number of phenols is 1. The minimum atomic E-state index is 0.329. The smallest absolute Gasteiger partial charge is 0.220 e. The summed E-state index contributed by atoms with van der Waals surface area (Å²) in [6.45, 7) is 5.96. The lowest BCUT2D eigenvalue weighted by Crippen LogP contribution is -1.95. The average Bonchev–Trinajstić information content (AvgIpc) is 2.79. The Hall–Kier alpha value is -2.40. The number of ether oxygens (including phenoxy) is 1. The quantitative estimate of drug-likeness (QED) is 0.657. The SMILES string of the molecule is Cc1ccc(O)cc1.Cc1nn(C)c(Oc2ccc(S)cc2)c1C. The summed E-state index contributed by atoms with van der Waals surface area (Å²) in [7, 11) is 1.88. The van der Waals surface area contributed by atoms with Gasteiger partial charge in [0.15, 0.2) is 0 Å². The van der Waals surface area contributed by atoms with Crippen molar-refractivity contribution < 1.29 is 9.84 Å². The van der Waals surface area contributed by atoms with E-state index in [1.165, 1.54) is 5.56 Å². The van der Waals surface area contributed by atoms with Crippen LogP contribution >= 0.6 is 12.6 Å². The number of aromatic nitrogens is 2. The Balaban J connectivity index is 0.000000219. The molecule has 1 heterocycles. The predicted octanol–water partition coefficient (Wildman–Crippen LogP) is 4.82. The molecule has 1 aromatic heterocycles. The van der Waals surface area contributed by atoms with Crippen LogP contribution in [0.2, 0.25) is 0 Å². The molecule has 0 radical (unpaired) electrons. The van der Waals surface area contributed by atoms with Crippen LogP contribution in [-0.2, 0) is 7.05 Å². The molecule has 0 saturated carbocycles. The second-order valence-electron chi connectivity index (χ2n) is 5.57. The van der Waals surface area contributed by atoms with Gasteiger partial charge in [-0.15, -0.1) is 12.6 Å². The molecule has 0 unspecified atom stereocenters. The van der Waals surface area contributed by atoms with Crippen LogP contribution in [0.5, 0.6) is 17.4 Å². The van der Waals surface area contributed by atoms with Crippen LogP contribution in [-0.4, -0.2) is 14.9 Å². The Labute approximate surface area is 148 Å². The highest BCUT2D eigenvalue weighted by molar-refractivity contribution is 7.80. The molecule has 2 aromatic carbocycles. The van der Waals surface area contributed by atoms with Crippen LogP contribution < -0.4 is 4.74 Å². The van der Waals surface area contributed by atoms with E-state index < -0.39 is 0 Å². The van der Waals surface area contributed by atoms with Gasteiger partial charge in [-0.2, -0.15) is 5.10 Å². The average molecular weight is 342 g/mol. The van der Waals surface area contributed by atoms with Gasteiger partial charge in [0.05, 0.1) is 5.69 Å². The molecule has 0 bridgehead atoms. The molecule has 0 spiro atoms. The molecule has 3 aromatic rings. The number of hydrogen-bond donors (Lipinski definition) is 2.